The highest BCUT2D eigenvalue weighted by molar-refractivity contribution is 5.97. The summed E-state index contributed by atoms with van der Waals surface area (Å²) >= 11 is 0. The Morgan fingerprint density at radius 1 is 1.46 bits per heavy atom. The topological polar surface area (TPSA) is 81.2 Å². The van der Waals surface area contributed by atoms with Crippen molar-refractivity contribution in [3.05, 3.63) is 17.8 Å². The molecule has 0 spiro atoms. The lowest BCUT2D eigenvalue weighted by Gasteiger charge is -2.07. The van der Waals surface area contributed by atoms with E-state index in [1.807, 2.05) is 0 Å². The Labute approximate surface area is 76.0 Å². The van der Waals surface area contributed by atoms with E-state index in [2.05, 4.69) is 4.98 Å². The van der Waals surface area contributed by atoms with E-state index in [4.69, 9.17) is 20.6 Å². The van der Waals surface area contributed by atoms with Crippen molar-refractivity contribution in [2.45, 2.75) is 0 Å². The summed E-state index contributed by atoms with van der Waals surface area (Å²) in [6.07, 6.45) is 1.44. The molecule has 0 atom stereocenters. The molecule has 0 unspecified atom stereocenters. The standard InChI is InChI=1S/C8H11N3O2/c1-12-6-3-7(13-2)11-4-5(6)8(9)10/h3-4H,1-2H3,(H3,9,10). The average Bonchev–Trinajstić information content (AvgIpc) is 2.16. The second-order valence-electron chi connectivity index (χ2n) is 2.34. The fourth-order valence-corrected chi connectivity index (χ4v) is 0.902. The van der Waals surface area contributed by atoms with Crippen molar-refractivity contribution in [3.8, 4) is 11.6 Å². The Morgan fingerprint density at radius 2 is 2.15 bits per heavy atom. The van der Waals surface area contributed by atoms with E-state index in [1.54, 1.807) is 6.07 Å². The predicted molar refractivity (Wildman–Crippen MR) is 48.4 cm³/mol. The first-order valence-electron chi connectivity index (χ1n) is 3.61. The number of hydrogen-bond acceptors (Lipinski definition) is 4. The molecule has 3 N–H and O–H groups in total. The first kappa shape index (κ1) is 9.31. The zero-order chi connectivity index (χ0) is 9.84. The number of hydrogen-bond donors (Lipinski definition) is 2. The highest BCUT2D eigenvalue weighted by Gasteiger charge is 2.07. The van der Waals surface area contributed by atoms with Crippen LogP contribution in [0, 0.1) is 5.41 Å². The minimum atomic E-state index is -0.0768. The van der Waals surface area contributed by atoms with Gasteiger partial charge in [0.15, 0.2) is 0 Å². The Hall–Kier alpha value is -1.78. The van der Waals surface area contributed by atoms with Crippen molar-refractivity contribution in [2.75, 3.05) is 14.2 Å². The van der Waals surface area contributed by atoms with Crippen molar-refractivity contribution >= 4 is 5.84 Å². The highest BCUT2D eigenvalue weighted by atomic mass is 16.5. The summed E-state index contributed by atoms with van der Waals surface area (Å²) in [4.78, 5) is 3.90. The van der Waals surface area contributed by atoms with Gasteiger partial charge in [0.1, 0.15) is 11.6 Å². The molecule has 0 amide bonds. The van der Waals surface area contributed by atoms with Crippen molar-refractivity contribution in [1.29, 1.82) is 5.41 Å². The number of nitrogens with two attached hydrogens (primary N) is 1. The van der Waals surface area contributed by atoms with Gasteiger partial charge >= 0.3 is 0 Å². The third-order valence-electron chi connectivity index (χ3n) is 1.56. The maximum Gasteiger partial charge on any atom is 0.216 e. The molecular weight excluding hydrogens is 170 g/mol. The van der Waals surface area contributed by atoms with Crippen LogP contribution in [-0.2, 0) is 0 Å². The second kappa shape index (κ2) is 3.75. The van der Waals surface area contributed by atoms with Gasteiger partial charge in [-0.25, -0.2) is 4.98 Å². The molecule has 1 aromatic rings. The predicted octanol–water partition coefficient (Wildman–Crippen LogP) is 0.383. The fourth-order valence-electron chi connectivity index (χ4n) is 0.902. The molecule has 13 heavy (non-hydrogen) atoms. The van der Waals surface area contributed by atoms with Crippen molar-refractivity contribution in [3.63, 3.8) is 0 Å². The number of nitrogen functional groups attached to an aromatic ring is 1. The van der Waals surface area contributed by atoms with Crippen molar-refractivity contribution in [1.82, 2.24) is 4.98 Å². The maximum atomic E-state index is 7.22. The molecule has 1 rings (SSSR count). The number of nitrogens with one attached hydrogen (secondary N) is 1. The van der Waals surface area contributed by atoms with Gasteiger partial charge in [-0.05, 0) is 0 Å². The Kier molecular flexibility index (Phi) is 2.69. The third kappa shape index (κ3) is 1.87. The molecule has 0 fully saturated rings. The summed E-state index contributed by atoms with van der Waals surface area (Å²) in [5.74, 6) is 0.841. The Bertz CT molecular complexity index is 325. The zero-order valence-electron chi connectivity index (χ0n) is 7.50. The van der Waals surface area contributed by atoms with Crippen LogP contribution in [0.4, 0.5) is 0 Å². The molecule has 1 heterocycles. The Morgan fingerprint density at radius 3 is 2.62 bits per heavy atom. The number of methoxy groups -OCH3 is 2. The van der Waals surface area contributed by atoms with Crippen LogP contribution < -0.4 is 15.2 Å². The molecule has 5 nitrogen and oxygen atoms in total. The minimum absolute atomic E-state index is 0.0768. The number of aromatic nitrogens is 1. The van der Waals surface area contributed by atoms with E-state index in [-0.39, 0.29) is 5.84 Å². The van der Waals surface area contributed by atoms with Crippen LogP contribution in [-0.4, -0.2) is 25.0 Å². The molecular formula is C8H11N3O2. The van der Waals surface area contributed by atoms with Crippen LogP contribution in [0.25, 0.3) is 0 Å². The van der Waals surface area contributed by atoms with Gasteiger partial charge in [0.05, 0.1) is 19.8 Å². The Balaban J connectivity index is 3.15. The molecule has 0 aliphatic heterocycles. The average molecular weight is 181 g/mol. The zero-order valence-corrected chi connectivity index (χ0v) is 7.50. The number of nitrogens with zero attached hydrogens (tertiary/aromatic N) is 1. The molecule has 0 aromatic carbocycles. The normalized spacial score (nSPS) is 9.38. The van der Waals surface area contributed by atoms with Crippen LogP contribution in [0.5, 0.6) is 11.6 Å². The summed E-state index contributed by atoms with van der Waals surface area (Å²) in [6.45, 7) is 0. The first-order valence-corrected chi connectivity index (χ1v) is 3.61. The monoisotopic (exact) mass is 181 g/mol. The summed E-state index contributed by atoms with van der Waals surface area (Å²) in [5.41, 5.74) is 5.77. The number of pyridine rings is 1. The third-order valence-corrected chi connectivity index (χ3v) is 1.56. The summed E-state index contributed by atoms with van der Waals surface area (Å²) < 4.78 is 9.90. The van der Waals surface area contributed by atoms with Crippen molar-refractivity contribution < 1.29 is 9.47 Å². The van der Waals surface area contributed by atoms with Crippen molar-refractivity contribution in [2.24, 2.45) is 5.73 Å². The van der Waals surface area contributed by atoms with Gasteiger partial charge in [0, 0.05) is 12.3 Å². The number of amidine groups is 1. The number of rotatable bonds is 3. The quantitative estimate of drug-likeness (QED) is 0.522. The summed E-state index contributed by atoms with van der Waals surface area (Å²) in [5, 5.41) is 7.22. The van der Waals surface area contributed by atoms with Crippen LogP contribution in [0.2, 0.25) is 0 Å². The van der Waals surface area contributed by atoms with Crippen LogP contribution in [0.15, 0.2) is 12.3 Å². The second-order valence-corrected chi connectivity index (χ2v) is 2.34. The van der Waals surface area contributed by atoms with Crippen LogP contribution in [0.3, 0.4) is 0 Å². The van der Waals surface area contributed by atoms with E-state index in [9.17, 15) is 0 Å². The summed E-state index contributed by atoms with van der Waals surface area (Å²) in [7, 11) is 3.01. The molecule has 0 saturated carbocycles. The van der Waals surface area contributed by atoms with E-state index in [0.717, 1.165) is 0 Å². The fraction of sp³-hybridized carbons (Fsp3) is 0.250. The number of ether oxygens (including phenoxy) is 2. The van der Waals surface area contributed by atoms with Gasteiger partial charge in [-0.1, -0.05) is 0 Å². The molecule has 0 bridgehead atoms. The lowest BCUT2D eigenvalue weighted by atomic mass is 10.2. The van der Waals surface area contributed by atoms with Gasteiger partial charge in [-0.3, -0.25) is 5.41 Å². The van der Waals surface area contributed by atoms with Gasteiger partial charge in [0.2, 0.25) is 5.88 Å². The first-order chi connectivity index (χ1) is 6.19. The molecule has 1 aromatic heterocycles. The lowest BCUT2D eigenvalue weighted by molar-refractivity contribution is 0.382. The highest BCUT2D eigenvalue weighted by Crippen LogP contribution is 2.20. The van der Waals surface area contributed by atoms with E-state index >= 15 is 0 Å². The maximum absolute atomic E-state index is 7.22. The van der Waals surface area contributed by atoms with Gasteiger partial charge in [-0.2, -0.15) is 0 Å². The SMILES string of the molecule is COc1cc(OC)c(C(=N)N)cn1. The molecule has 0 aliphatic carbocycles. The van der Waals surface area contributed by atoms with Gasteiger partial charge in [0.25, 0.3) is 0 Å². The molecule has 0 aliphatic rings. The van der Waals surface area contributed by atoms with Gasteiger partial charge in [-0.15, -0.1) is 0 Å². The van der Waals surface area contributed by atoms with E-state index in [0.29, 0.717) is 17.2 Å². The molecule has 70 valence electrons. The molecule has 5 heteroatoms. The smallest absolute Gasteiger partial charge is 0.216 e. The summed E-state index contributed by atoms with van der Waals surface area (Å²) in [6, 6.07) is 1.58. The van der Waals surface area contributed by atoms with E-state index < -0.39 is 0 Å². The largest absolute Gasteiger partial charge is 0.496 e. The van der Waals surface area contributed by atoms with Gasteiger partial charge < -0.3 is 15.2 Å². The molecule has 0 radical (unpaired) electrons. The lowest BCUT2D eigenvalue weighted by Crippen LogP contribution is -2.13. The van der Waals surface area contributed by atoms with E-state index in [1.165, 1.54) is 20.4 Å². The van der Waals surface area contributed by atoms with Crippen LogP contribution in [0.1, 0.15) is 5.56 Å². The molecule has 0 saturated heterocycles. The minimum Gasteiger partial charge on any atom is -0.496 e. The van der Waals surface area contributed by atoms with Crippen LogP contribution >= 0.6 is 0 Å².